The fraction of sp³-hybridized carbons (Fsp3) is 0.357. The van der Waals surface area contributed by atoms with Crippen molar-refractivity contribution < 1.29 is 14.9 Å². The van der Waals surface area contributed by atoms with Gasteiger partial charge in [-0.2, -0.15) is 0 Å². The first-order chi connectivity index (χ1) is 16.0. The Bertz CT molecular complexity index is 980. The van der Waals surface area contributed by atoms with E-state index in [0.29, 0.717) is 6.54 Å². The molecule has 1 aliphatic heterocycles. The lowest BCUT2D eigenvalue weighted by Crippen LogP contribution is -2.46. The summed E-state index contributed by atoms with van der Waals surface area (Å²) in [5, 5.41) is 22.6. The summed E-state index contributed by atoms with van der Waals surface area (Å²) in [6.07, 6.45) is 1.16. The molecule has 2 N–H and O–H groups in total. The van der Waals surface area contributed by atoms with E-state index in [1.54, 1.807) is 0 Å². The van der Waals surface area contributed by atoms with Gasteiger partial charge >= 0.3 is 0 Å². The number of nitrogens with zero attached hydrogens (tertiary/aromatic N) is 1. The summed E-state index contributed by atoms with van der Waals surface area (Å²) in [5.41, 5.74) is 1.96. The second-order valence-corrected chi connectivity index (χ2v) is 9.80. The van der Waals surface area contributed by atoms with Gasteiger partial charge in [-0.1, -0.05) is 76.6 Å². The third-order valence-corrected chi connectivity index (χ3v) is 7.54. The molecule has 0 aromatic heterocycles. The first-order valence-corrected chi connectivity index (χ1v) is 12.4. The van der Waals surface area contributed by atoms with Crippen LogP contribution in [0.5, 0.6) is 5.75 Å². The van der Waals surface area contributed by atoms with Crippen molar-refractivity contribution in [3.8, 4) is 5.75 Å². The number of β-amino-alcohol motifs (C(OH)–C–C–N with tert-alkyl or cyclic N) is 1. The van der Waals surface area contributed by atoms with Crippen LogP contribution >= 0.6 is 15.9 Å². The van der Waals surface area contributed by atoms with Crippen molar-refractivity contribution in [1.82, 2.24) is 4.90 Å². The highest BCUT2D eigenvalue weighted by molar-refractivity contribution is 9.10. The molecule has 3 aromatic rings. The highest BCUT2D eigenvalue weighted by atomic mass is 79.9. The summed E-state index contributed by atoms with van der Waals surface area (Å²) in [4.78, 5) is 2.27. The lowest BCUT2D eigenvalue weighted by Gasteiger charge is -2.42. The molecule has 4 rings (SSSR count). The van der Waals surface area contributed by atoms with Gasteiger partial charge in [0.05, 0.1) is 0 Å². The molecular formula is C28H32BrNO3. The maximum Gasteiger partial charge on any atom is 0.119 e. The molecule has 0 radical (unpaired) electrons. The van der Waals surface area contributed by atoms with E-state index in [4.69, 9.17) is 4.74 Å². The molecule has 4 nitrogen and oxygen atoms in total. The summed E-state index contributed by atoms with van der Waals surface area (Å²) >= 11 is 3.49. The Labute approximate surface area is 205 Å². The smallest absolute Gasteiger partial charge is 0.119 e. The van der Waals surface area contributed by atoms with Crippen molar-refractivity contribution in [2.45, 2.75) is 31.5 Å². The van der Waals surface area contributed by atoms with Crippen LogP contribution in [0.3, 0.4) is 0 Å². The summed E-state index contributed by atoms with van der Waals surface area (Å²) in [6, 6.07) is 25.8. The Hall–Kier alpha value is -2.18. The Morgan fingerprint density at radius 2 is 1.55 bits per heavy atom. The molecule has 0 aliphatic carbocycles. The molecule has 0 amide bonds. The van der Waals surface area contributed by atoms with E-state index in [2.05, 4.69) is 20.8 Å². The van der Waals surface area contributed by atoms with Crippen molar-refractivity contribution in [3.05, 3.63) is 100 Å². The highest BCUT2D eigenvalue weighted by Gasteiger charge is 2.41. The van der Waals surface area contributed by atoms with E-state index in [9.17, 15) is 10.2 Å². The van der Waals surface area contributed by atoms with Gasteiger partial charge in [-0.3, -0.25) is 0 Å². The van der Waals surface area contributed by atoms with Crippen LogP contribution in [-0.4, -0.2) is 47.5 Å². The van der Waals surface area contributed by atoms with Gasteiger partial charge in [0.15, 0.2) is 0 Å². The molecule has 33 heavy (non-hydrogen) atoms. The number of aryl methyl sites for hydroxylation is 1. The Morgan fingerprint density at radius 3 is 2.09 bits per heavy atom. The monoisotopic (exact) mass is 509 g/mol. The number of likely N-dealkylation sites (tertiary alicyclic amines) is 1. The molecule has 5 heteroatoms. The second kappa shape index (κ2) is 10.8. The predicted molar refractivity (Wildman–Crippen MR) is 135 cm³/mol. The SMILES string of the molecule is Cc1cc(OC[C@@H](O)CN2CCC(C(O)(c3ccccc3)c3ccccc3)CC2)ccc1Br. The number of benzene rings is 3. The van der Waals surface area contributed by atoms with Gasteiger partial charge in [-0.05, 0) is 73.7 Å². The Kier molecular flexibility index (Phi) is 7.86. The van der Waals surface area contributed by atoms with Crippen LogP contribution in [-0.2, 0) is 5.60 Å². The van der Waals surface area contributed by atoms with E-state index < -0.39 is 11.7 Å². The average Bonchev–Trinajstić information content (AvgIpc) is 2.86. The van der Waals surface area contributed by atoms with Gasteiger partial charge in [-0.15, -0.1) is 0 Å². The molecule has 0 saturated carbocycles. The third-order valence-electron chi connectivity index (χ3n) is 6.65. The zero-order chi connectivity index (χ0) is 23.3. The number of aliphatic hydroxyl groups is 2. The van der Waals surface area contributed by atoms with Crippen LogP contribution in [0.25, 0.3) is 0 Å². The van der Waals surface area contributed by atoms with Gasteiger partial charge in [0.2, 0.25) is 0 Å². The lowest BCUT2D eigenvalue weighted by atomic mass is 9.72. The number of hydrogen-bond acceptors (Lipinski definition) is 4. The number of aliphatic hydroxyl groups excluding tert-OH is 1. The molecule has 1 heterocycles. The second-order valence-electron chi connectivity index (χ2n) is 8.95. The number of hydrogen-bond donors (Lipinski definition) is 2. The van der Waals surface area contributed by atoms with Crippen LogP contribution in [0, 0.1) is 12.8 Å². The van der Waals surface area contributed by atoms with Gasteiger partial charge in [0, 0.05) is 11.0 Å². The molecule has 0 spiro atoms. The van der Waals surface area contributed by atoms with Crippen LogP contribution < -0.4 is 4.74 Å². The number of piperidine rings is 1. The molecular weight excluding hydrogens is 478 g/mol. The lowest BCUT2D eigenvalue weighted by molar-refractivity contribution is -0.0222. The van der Waals surface area contributed by atoms with Crippen LogP contribution in [0.1, 0.15) is 29.5 Å². The van der Waals surface area contributed by atoms with E-state index in [1.807, 2.05) is 85.8 Å². The van der Waals surface area contributed by atoms with Crippen LogP contribution in [0.4, 0.5) is 0 Å². The number of ether oxygens (including phenoxy) is 1. The molecule has 1 saturated heterocycles. The Morgan fingerprint density at radius 1 is 0.970 bits per heavy atom. The normalized spacial score (nSPS) is 16.5. The minimum absolute atomic E-state index is 0.109. The largest absolute Gasteiger partial charge is 0.491 e. The van der Waals surface area contributed by atoms with Crippen LogP contribution in [0.2, 0.25) is 0 Å². The number of halogens is 1. The van der Waals surface area contributed by atoms with Gasteiger partial charge in [0.25, 0.3) is 0 Å². The van der Waals surface area contributed by atoms with E-state index >= 15 is 0 Å². The van der Waals surface area contributed by atoms with E-state index in [0.717, 1.165) is 52.8 Å². The molecule has 3 aromatic carbocycles. The number of rotatable bonds is 8. The molecule has 1 fully saturated rings. The van der Waals surface area contributed by atoms with Gasteiger partial charge in [0.1, 0.15) is 24.1 Å². The molecule has 0 bridgehead atoms. The van der Waals surface area contributed by atoms with E-state index in [-0.39, 0.29) is 12.5 Å². The minimum atomic E-state index is -1.02. The van der Waals surface area contributed by atoms with Crippen molar-refractivity contribution in [2.75, 3.05) is 26.2 Å². The van der Waals surface area contributed by atoms with Crippen molar-refractivity contribution in [3.63, 3.8) is 0 Å². The fourth-order valence-corrected chi connectivity index (χ4v) is 5.05. The fourth-order valence-electron chi connectivity index (χ4n) is 4.81. The summed E-state index contributed by atoms with van der Waals surface area (Å²) < 4.78 is 6.84. The topological polar surface area (TPSA) is 52.9 Å². The van der Waals surface area contributed by atoms with Crippen molar-refractivity contribution >= 4 is 15.9 Å². The zero-order valence-electron chi connectivity index (χ0n) is 19.0. The maximum absolute atomic E-state index is 12.0. The molecule has 174 valence electrons. The van der Waals surface area contributed by atoms with Crippen LogP contribution in [0.15, 0.2) is 83.3 Å². The zero-order valence-corrected chi connectivity index (χ0v) is 20.6. The van der Waals surface area contributed by atoms with Crippen molar-refractivity contribution in [1.29, 1.82) is 0 Å². The standard InChI is InChI=1S/C28H32BrNO3/c1-21-18-26(12-13-27(21)29)33-20-25(31)19-30-16-14-24(15-17-30)28(32,22-8-4-2-5-9-22)23-10-6-3-7-11-23/h2-13,18,24-25,31-32H,14-17,19-20H2,1H3/t25-/m0/s1. The third kappa shape index (κ3) is 5.67. The summed E-state index contributed by atoms with van der Waals surface area (Å²) in [5.74, 6) is 0.877. The molecule has 1 aliphatic rings. The minimum Gasteiger partial charge on any atom is -0.491 e. The molecule has 0 unspecified atom stereocenters. The van der Waals surface area contributed by atoms with Crippen molar-refractivity contribution in [2.24, 2.45) is 5.92 Å². The maximum atomic E-state index is 12.0. The molecule has 1 atom stereocenters. The first kappa shape index (κ1) is 24.0. The summed E-state index contributed by atoms with van der Waals surface area (Å²) in [7, 11) is 0. The van der Waals surface area contributed by atoms with Gasteiger partial charge in [-0.25, -0.2) is 0 Å². The average molecular weight is 510 g/mol. The predicted octanol–water partition coefficient (Wildman–Crippen LogP) is 5.15. The quantitative estimate of drug-likeness (QED) is 0.441. The van der Waals surface area contributed by atoms with Gasteiger partial charge < -0.3 is 19.8 Å². The highest BCUT2D eigenvalue weighted by Crippen LogP contribution is 2.41. The summed E-state index contributed by atoms with van der Waals surface area (Å²) in [6.45, 7) is 4.52. The first-order valence-electron chi connectivity index (χ1n) is 11.6. The van der Waals surface area contributed by atoms with E-state index in [1.165, 1.54) is 0 Å². The Balaban J connectivity index is 1.36.